The molecule has 2 aromatic carbocycles. The molecule has 1 saturated heterocycles. The van der Waals surface area contributed by atoms with E-state index in [-0.39, 0.29) is 11.9 Å². The first-order valence-corrected chi connectivity index (χ1v) is 9.96. The quantitative estimate of drug-likeness (QED) is 0.661. The number of aryl methyl sites for hydroxylation is 1. The molecule has 2 heterocycles. The van der Waals surface area contributed by atoms with Gasteiger partial charge in [-0.25, -0.2) is 0 Å². The summed E-state index contributed by atoms with van der Waals surface area (Å²) in [6, 6.07) is 19.5. The zero-order valence-corrected chi connectivity index (χ0v) is 16.5. The van der Waals surface area contributed by atoms with E-state index in [1.807, 2.05) is 36.4 Å². The third kappa shape index (κ3) is 4.81. The van der Waals surface area contributed by atoms with E-state index in [1.54, 1.807) is 12.4 Å². The minimum atomic E-state index is -0.137. The lowest BCUT2D eigenvalue weighted by atomic mass is 10.1. The molecule has 1 unspecified atom stereocenters. The monoisotopic (exact) mass is 387 g/mol. The molecule has 5 nitrogen and oxygen atoms in total. The fourth-order valence-corrected chi connectivity index (χ4v) is 3.77. The van der Waals surface area contributed by atoms with Crippen molar-refractivity contribution < 1.29 is 9.53 Å². The summed E-state index contributed by atoms with van der Waals surface area (Å²) in [5.41, 5.74) is 3.15. The number of carbonyl (C=O) groups is 1. The normalized spacial score (nSPS) is 16.5. The first kappa shape index (κ1) is 19.2. The summed E-state index contributed by atoms with van der Waals surface area (Å²) in [6.07, 6.45) is 5.24. The Kier molecular flexibility index (Phi) is 5.86. The van der Waals surface area contributed by atoms with E-state index >= 15 is 0 Å². The van der Waals surface area contributed by atoms with Crippen LogP contribution in [0.15, 0.2) is 73.1 Å². The molecule has 1 amide bonds. The zero-order chi connectivity index (χ0) is 20.1. The van der Waals surface area contributed by atoms with Crippen molar-refractivity contribution in [2.45, 2.75) is 32.4 Å². The Labute approximate surface area is 171 Å². The number of anilines is 1. The highest BCUT2D eigenvalue weighted by atomic mass is 16.5. The van der Waals surface area contributed by atoms with Crippen LogP contribution in [-0.4, -0.2) is 28.4 Å². The van der Waals surface area contributed by atoms with Crippen molar-refractivity contribution in [1.82, 2.24) is 9.88 Å². The van der Waals surface area contributed by atoms with Crippen molar-refractivity contribution >= 4 is 11.6 Å². The minimum Gasteiger partial charge on any atom is -0.454 e. The molecule has 148 valence electrons. The van der Waals surface area contributed by atoms with E-state index < -0.39 is 0 Å². The molecule has 0 radical (unpaired) electrons. The van der Waals surface area contributed by atoms with Crippen LogP contribution < -0.4 is 10.1 Å². The van der Waals surface area contributed by atoms with E-state index in [9.17, 15) is 4.79 Å². The van der Waals surface area contributed by atoms with Crippen LogP contribution >= 0.6 is 0 Å². The van der Waals surface area contributed by atoms with Gasteiger partial charge >= 0.3 is 0 Å². The Balaban J connectivity index is 1.46. The van der Waals surface area contributed by atoms with Gasteiger partial charge < -0.3 is 10.1 Å². The highest BCUT2D eigenvalue weighted by Gasteiger charge is 2.31. The molecule has 29 heavy (non-hydrogen) atoms. The van der Waals surface area contributed by atoms with Crippen LogP contribution in [0.2, 0.25) is 0 Å². The van der Waals surface area contributed by atoms with Gasteiger partial charge in [0.2, 0.25) is 5.91 Å². The van der Waals surface area contributed by atoms with Gasteiger partial charge in [-0.2, -0.15) is 0 Å². The number of likely N-dealkylation sites (tertiary alicyclic amines) is 1. The molecule has 0 saturated carbocycles. The van der Waals surface area contributed by atoms with Crippen molar-refractivity contribution in [1.29, 1.82) is 0 Å². The number of aromatic nitrogens is 1. The maximum atomic E-state index is 13.1. The van der Waals surface area contributed by atoms with Crippen molar-refractivity contribution in [3.63, 3.8) is 0 Å². The van der Waals surface area contributed by atoms with Crippen LogP contribution in [0.4, 0.5) is 5.69 Å². The molecular weight excluding hydrogens is 362 g/mol. The zero-order valence-electron chi connectivity index (χ0n) is 16.5. The topological polar surface area (TPSA) is 54.5 Å². The molecule has 1 fully saturated rings. The Morgan fingerprint density at radius 3 is 2.90 bits per heavy atom. The molecule has 5 heteroatoms. The van der Waals surface area contributed by atoms with Crippen LogP contribution in [0.1, 0.15) is 24.0 Å². The van der Waals surface area contributed by atoms with Gasteiger partial charge in [0.1, 0.15) is 5.75 Å². The minimum absolute atomic E-state index is 0.0115. The summed E-state index contributed by atoms with van der Waals surface area (Å²) < 4.78 is 5.92. The predicted octanol–water partition coefficient (Wildman–Crippen LogP) is 4.79. The SMILES string of the molecule is Cc1cccc(CN2CCCC2C(=O)Nc2ccccc2Oc2cccnc2)c1. The van der Waals surface area contributed by atoms with Crippen LogP contribution in [0.3, 0.4) is 0 Å². The third-order valence-corrected chi connectivity index (χ3v) is 5.14. The summed E-state index contributed by atoms with van der Waals surface area (Å²) in [6.45, 7) is 3.81. The van der Waals surface area contributed by atoms with Gasteiger partial charge in [-0.1, -0.05) is 42.0 Å². The molecule has 3 aromatic rings. The molecule has 1 atom stereocenters. The van der Waals surface area contributed by atoms with Crippen molar-refractivity contribution in [3.8, 4) is 11.5 Å². The van der Waals surface area contributed by atoms with Crippen molar-refractivity contribution in [3.05, 3.63) is 84.2 Å². The number of nitrogens with zero attached hydrogens (tertiary/aromatic N) is 2. The van der Waals surface area contributed by atoms with Gasteiger partial charge in [-0.05, 0) is 56.1 Å². The molecule has 1 N–H and O–H groups in total. The number of nitrogens with one attached hydrogen (secondary N) is 1. The second-order valence-electron chi connectivity index (χ2n) is 7.39. The van der Waals surface area contributed by atoms with E-state index in [2.05, 4.69) is 46.4 Å². The number of ether oxygens (including phenoxy) is 1. The number of carbonyl (C=O) groups excluding carboxylic acids is 1. The number of benzene rings is 2. The molecule has 1 aromatic heterocycles. The standard InChI is InChI=1S/C24H25N3O2/c1-18-7-4-8-19(15-18)17-27-14-6-11-22(27)24(28)26-21-10-2-3-12-23(21)29-20-9-5-13-25-16-20/h2-5,7-10,12-13,15-16,22H,6,11,14,17H2,1H3,(H,26,28). The Bertz CT molecular complexity index is 975. The molecule has 1 aliphatic heterocycles. The first-order chi connectivity index (χ1) is 14.2. The number of para-hydroxylation sites is 2. The summed E-state index contributed by atoms with van der Waals surface area (Å²) in [7, 11) is 0. The lowest BCUT2D eigenvalue weighted by Crippen LogP contribution is -2.39. The van der Waals surface area contributed by atoms with Crippen molar-refractivity contribution in [2.75, 3.05) is 11.9 Å². The Morgan fingerprint density at radius 2 is 2.07 bits per heavy atom. The molecule has 4 rings (SSSR count). The van der Waals surface area contributed by atoms with E-state index in [4.69, 9.17) is 4.74 Å². The number of amides is 1. The lowest BCUT2D eigenvalue weighted by molar-refractivity contribution is -0.120. The second kappa shape index (κ2) is 8.88. The van der Waals surface area contributed by atoms with Gasteiger partial charge in [0.15, 0.2) is 5.75 Å². The average Bonchev–Trinajstić information content (AvgIpc) is 3.18. The number of hydrogen-bond donors (Lipinski definition) is 1. The molecule has 0 aliphatic carbocycles. The van der Waals surface area contributed by atoms with Crippen molar-refractivity contribution in [2.24, 2.45) is 0 Å². The maximum Gasteiger partial charge on any atom is 0.241 e. The van der Waals surface area contributed by atoms with E-state index in [0.29, 0.717) is 17.2 Å². The van der Waals surface area contributed by atoms with E-state index in [0.717, 1.165) is 25.9 Å². The fourth-order valence-electron chi connectivity index (χ4n) is 3.77. The highest BCUT2D eigenvalue weighted by molar-refractivity contribution is 5.96. The average molecular weight is 387 g/mol. The maximum absolute atomic E-state index is 13.1. The second-order valence-corrected chi connectivity index (χ2v) is 7.39. The summed E-state index contributed by atoms with van der Waals surface area (Å²) >= 11 is 0. The lowest BCUT2D eigenvalue weighted by Gasteiger charge is -2.24. The van der Waals surface area contributed by atoms with Gasteiger partial charge in [-0.3, -0.25) is 14.7 Å². The van der Waals surface area contributed by atoms with Gasteiger partial charge in [0.05, 0.1) is 17.9 Å². The van der Waals surface area contributed by atoms with Crippen LogP contribution in [-0.2, 0) is 11.3 Å². The largest absolute Gasteiger partial charge is 0.454 e. The smallest absolute Gasteiger partial charge is 0.241 e. The third-order valence-electron chi connectivity index (χ3n) is 5.14. The molecule has 0 spiro atoms. The molecule has 0 bridgehead atoms. The number of rotatable bonds is 6. The number of hydrogen-bond acceptors (Lipinski definition) is 4. The van der Waals surface area contributed by atoms with Crippen LogP contribution in [0, 0.1) is 6.92 Å². The van der Waals surface area contributed by atoms with E-state index in [1.165, 1.54) is 11.1 Å². The fraction of sp³-hybridized carbons (Fsp3) is 0.250. The van der Waals surface area contributed by atoms with Gasteiger partial charge in [0, 0.05) is 12.7 Å². The van der Waals surface area contributed by atoms with Gasteiger partial charge in [-0.15, -0.1) is 0 Å². The Morgan fingerprint density at radius 1 is 1.17 bits per heavy atom. The number of pyridine rings is 1. The summed E-state index contributed by atoms with van der Waals surface area (Å²) in [5, 5.41) is 3.07. The Hall–Kier alpha value is -3.18. The molecular formula is C24H25N3O2. The van der Waals surface area contributed by atoms with Crippen LogP contribution in [0.5, 0.6) is 11.5 Å². The first-order valence-electron chi connectivity index (χ1n) is 9.96. The summed E-state index contributed by atoms with van der Waals surface area (Å²) in [5.74, 6) is 1.26. The predicted molar refractivity (Wildman–Crippen MR) is 114 cm³/mol. The highest BCUT2D eigenvalue weighted by Crippen LogP contribution is 2.30. The van der Waals surface area contributed by atoms with Gasteiger partial charge in [0.25, 0.3) is 0 Å². The molecule has 1 aliphatic rings. The summed E-state index contributed by atoms with van der Waals surface area (Å²) in [4.78, 5) is 19.4. The van der Waals surface area contributed by atoms with Crippen LogP contribution in [0.25, 0.3) is 0 Å².